The van der Waals surface area contributed by atoms with Crippen molar-refractivity contribution >= 4 is 38.9 Å². The molecule has 0 aromatic carbocycles. The van der Waals surface area contributed by atoms with Gasteiger partial charge in [0.1, 0.15) is 5.03 Å². The number of carbonyl (C=O) groups is 1. The number of pyridine rings is 2. The van der Waals surface area contributed by atoms with Crippen LogP contribution >= 0.6 is 11.8 Å². The summed E-state index contributed by atoms with van der Waals surface area (Å²) in [5, 5.41) is 1.41. The van der Waals surface area contributed by atoms with Crippen molar-refractivity contribution in [3.05, 3.63) is 30.6 Å². The predicted octanol–water partition coefficient (Wildman–Crippen LogP) is 2.25. The molecule has 0 aliphatic heterocycles. The average molecular weight is 296 g/mol. The first-order valence-electron chi connectivity index (χ1n) is 5.64. The summed E-state index contributed by atoms with van der Waals surface area (Å²) < 4.78 is 19.1. The molecule has 0 saturated heterocycles. The lowest BCUT2D eigenvalue weighted by Crippen LogP contribution is -1.99. The lowest BCUT2D eigenvalue weighted by molar-refractivity contribution is -0.111. The number of fused-ring (bicyclic) bond motifs is 1. The Hall–Kier alpha value is -1.31. The fourth-order valence-corrected chi connectivity index (χ4v) is 2.81. The van der Waals surface area contributed by atoms with Gasteiger partial charge in [0.05, 0.1) is 5.52 Å². The molecule has 0 radical (unpaired) electrons. The van der Waals surface area contributed by atoms with Gasteiger partial charge in [-0.3, -0.25) is 9.78 Å². The van der Waals surface area contributed by atoms with Gasteiger partial charge in [-0.25, -0.2) is 9.19 Å². The van der Waals surface area contributed by atoms with Gasteiger partial charge in [0.25, 0.3) is 0 Å². The van der Waals surface area contributed by atoms with Gasteiger partial charge in [-0.2, -0.15) is 0 Å². The molecule has 0 fully saturated rings. The van der Waals surface area contributed by atoms with E-state index >= 15 is 0 Å². The summed E-state index contributed by atoms with van der Waals surface area (Å²) in [4.78, 5) is 20.1. The van der Waals surface area contributed by atoms with Crippen molar-refractivity contribution in [2.24, 2.45) is 0 Å². The van der Waals surface area contributed by atoms with Gasteiger partial charge in [-0.15, -0.1) is 0 Å². The van der Waals surface area contributed by atoms with Gasteiger partial charge in [-0.1, -0.05) is 0 Å². The van der Waals surface area contributed by atoms with Gasteiger partial charge in [0.2, 0.25) is 0 Å². The molecule has 2 rings (SSSR count). The zero-order valence-corrected chi connectivity index (χ0v) is 11.6. The third kappa shape index (κ3) is 4.09. The second kappa shape index (κ2) is 6.74. The summed E-state index contributed by atoms with van der Waals surface area (Å²) in [5.74, 6) is 0.122. The summed E-state index contributed by atoms with van der Waals surface area (Å²) >= 11 is -0.784. The number of hydrogen-bond donors (Lipinski definition) is 1. The first-order chi connectivity index (χ1) is 9.16. The van der Waals surface area contributed by atoms with Crippen molar-refractivity contribution in [2.75, 3.05) is 5.75 Å². The first-order valence-corrected chi connectivity index (χ1v) is 7.74. The second-order valence-corrected chi connectivity index (χ2v) is 5.89. The number of rotatable bonds is 5. The van der Waals surface area contributed by atoms with E-state index in [0.717, 1.165) is 22.7 Å². The topological polar surface area (TPSA) is 80.2 Å². The highest BCUT2D eigenvalue weighted by molar-refractivity contribution is 8.13. The maximum Gasteiger partial charge on any atom is 0.195 e. The number of nitrogens with zero attached hydrogens (tertiary/aromatic N) is 2. The summed E-state index contributed by atoms with van der Waals surface area (Å²) in [6.45, 7) is 0. The lowest BCUT2D eigenvalue weighted by atomic mass is 10.3. The molecule has 2 aromatic heterocycles. The van der Waals surface area contributed by atoms with Crippen LogP contribution in [0.2, 0.25) is 0 Å². The van der Waals surface area contributed by atoms with Gasteiger partial charge in [-0.05, 0) is 36.4 Å². The third-order valence-corrected chi connectivity index (χ3v) is 3.99. The monoisotopic (exact) mass is 296 g/mol. The molecule has 7 heteroatoms. The van der Waals surface area contributed by atoms with E-state index in [2.05, 4.69) is 9.97 Å². The molecule has 1 unspecified atom stereocenters. The highest BCUT2D eigenvalue weighted by Crippen LogP contribution is 2.25. The van der Waals surface area contributed by atoms with Gasteiger partial charge < -0.3 is 4.55 Å². The van der Waals surface area contributed by atoms with E-state index in [0.29, 0.717) is 11.4 Å². The SMILES string of the molecule is O=C(CCCS(=O)O)Sc1nccc2ncccc12. The quantitative estimate of drug-likeness (QED) is 0.673. The van der Waals surface area contributed by atoms with Crippen molar-refractivity contribution in [1.29, 1.82) is 0 Å². The van der Waals surface area contributed by atoms with E-state index in [1.54, 1.807) is 24.5 Å². The molecule has 0 bridgehead atoms. The number of aromatic nitrogens is 2. The molecular formula is C12H12N2O3S2. The molecular weight excluding hydrogens is 284 g/mol. The van der Waals surface area contributed by atoms with Crippen molar-refractivity contribution in [3.8, 4) is 0 Å². The van der Waals surface area contributed by atoms with Gasteiger partial charge in [0.15, 0.2) is 16.2 Å². The van der Waals surface area contributed by atoms with Crippen molar-refractivity contribution in [1.82, 2.24) is 9.97 Å². The van der Waals surface area contributed by atoms with Crippen molar-refractivity contribution < 1.29 is 13.6 Å². The molecule has 19 heavy (non-hydrogen) atoms. The molecule has 2 heterocycles. The second-order valence-electron chi connectivity index (χ2n) is 3.79. The number of hydrogen-bond acceptors (Lipinski definition) is 5. The summed E-state index contributed by atoms with van der Waals surface area (Å²) in [6, 6.07) is 5.46. The Morgan fingerprint density at radius 2 is 2.16 bits per heavy atom. The molecule has 0 amide bonds. The van der Waals surface area contributed by atoms with Crippen LogP contribution in [0, 0.1) is 0 Å². The first kappa shape index (κ1) is 14.1. The van der Waals surface area contributed by atoms with E-state index in [4.69, 9.17) is 4.55 Å². The summed E-state index contributed by atoms with van der Waals surface area (Å²) in [6.07, 6.45) is 3.97. The molecule has 5 nitrogen and oxygen atoms in total. The van der Waals surface area contributed by atoms with Crippen LogP contribution in [-0.2, 0) is 15.9 Å². The Balaban J connectivity index is 2.05. The Bertz CT molecular complexity index is 613. The van der Waals surface area contributed by atoms with Gasteiger partial charge >= 0.3 is 0 Å². The highest BCUT2D eigenvalue weighted by atomic mass is 32.2. The van der Waals surface area contributed by atoms with Gasteiger partial charge in [0, 0.05) is 30.0 Å². The van der Waals surface area contributed by atoms with E-state index < -0.39 is 11.1 Å². The standard InChI is InChI=1S/C12H12N2O3S2/c15-11(4-2-8-19(16)17)18-12-9-3-1-6-13-10(9)5-7-14-12/h1,3,5-7H,2,4,8H2,(H,16,17). The minimum Gasteiger partial charge on any atom is -0.306 e. The number of carbonyl (C=O) groups excluding carboxylic acids is 1. The number of thioether (sulfide) groups is 1. The van der Waals surface area contributed by atoms with E-state index in [-0.39, 0.29) is 17.3 Å². The molecule has 100 valence electrons. The maximum absolute atomic E-state index is 11.8. The van der Waals surface area contributed by atoms with Crippen LogP contribution in [0.4, 0.5) is 0 Å². The molecule has 1 N–H and O–H groups in total. The van der Waals surface area contributed by atoms with Crippen LogP contribution in [0.25, 0.3) is 10.9 Å². The van der Waals surface area contributed by atoms with Crippen LogP contribution in [0.3, 0.4) is 0 Å². The summed E-state index contributed by atoms with van der Waals surface area (Å²) in [7, 11) is 0. The highest BCUT2D eigenvalue weighted by Gasteiger charge is 2.10. The molecule has 0 spiro atoms. The molecule has 0 aliphatic rings. The van der Waals surface area contributed by atoms with E-state index in [1.165, 1.54) is 0 Å². The minimum absolute atomic E-state index is 0.0608. The fraction of sp³-hybridized carbons (Fsp3) is 0.250. The zero-order chi connectivity index (χ0) is 13.7. The van der Waals surface area contributed by atoms with Crippen molar-refractivity contribution in [3.63, 3.8) is 0 Å². The van der Waals surface area contributed by atoms with Crippen LogP contribution in [0.15, 0.2) is 35.6 Å². The third-order valence-electron chi connectivity index (χ3n) is 2.40. The Kier molecular flexibility index (Phi) is 5.00. The Labute approximate surface area is 117 Å². The maximum atomic E-state index is 11.8. The van der Waals surface area contributed by atoms with Crippen LogP contribution in [-0.4, -0.2) is 29.6 Å². The average Bonchev–Trinajstić information content (AvgIpc) is 2.39. The van der Waals surface area contributed by atoms with Crippen LogP contribution in [0.5, 0.6) is 0 Å². The minimum atomic E-state index is -1.84. The zero-order valence-electron chi connectivity index (χ0n) is 9.98. The molecule has 1 atom stereocenters. The predicted molar refractivity (Wildman–Crippen MR) is 75.3 cm³/mol. The normalized spacial score (nSPS) is 12.5. The van der Waals surface area contributed by atoms with E-state index in [1.807, 2.05) is 6.07 Å². The molecule has 2 aromatic rings. The summed E-state index contributed by atoms with van der Waals surface area (Å²) in [5.41, 5.74) is 0.796. The molecule has 0 saturated carbocycles. The van der Waals surface area contributed by atoms with Crippen LogP contribution in [0.1, 0.15) is 12.8 Å². The smallest absolute Gasteiger partial charge is 0.195 e. The Morgan fingerprint density at radius 3 is 2.95 bits per heavy atom. The Morgan fingerprint density at radius 1 is 1.32 bits per heavy atom. The van der Waals surface area contributed by atoms with Crippen molar-refractivity contribution in [2.45, 2.75) is 17.9 Å². The molecule has 0 aliphatic carbocycles. The lowest BCUT2D eigenvalue weighted by Gasteiger charge is -2.03. The largest absolute Gasteiger partial charge is 0.306 e. The van der Waals surface area contributed by atoms with Crippen LogP contribution < -0.4 is 0 Å². The van der Waals surface area contributed by atoms with E-state index in [9.17, 15) is 9.00 Å². The fourth-order valence-electron chi connectivity index (χ4n) is 1.56.